The topological polar surface area (TPSA) is 78.9 Å². The van der Waals surface area contributed by atoms with Crippen LogP contribution in [0.5, 0.6) is 0 Å². The molecular formula is C74H122O6. The van der Waals surface area contributed by atoms with Crippen LogP contribution in [0.3, 0.4) is 0 Å². The second-order valence-corrected chi connectivity index (χ2v) is 21.6. The number of carbonyl (C=O) groups is 3. The summed E-state index contributed by atoms with van der Waals surface area (Å²) in [6.07, 6.45) is 94.5. The number of rotatable bonds is 59. The number of hydrogen-bond acceptors (Lipinski definition) is 6. The van der Waals surface area contributed by atoms with E-state index in [1.54, 1.807) is 0 Å². The van der Waals surface area contributed by atoms with Crippen LogP contribution in [0, 0.1) is 0 Å². The third kappa shape index (κ3) is 64.4. The summed E-state index contributed by atoms with van der Waals surface area (Å²) in [5.74, 6) is -0.912. The largest absolute Gasteiger partial charge is 0.462 e. The molecule has 6 heteroatoms. The van der Waals surface area contributed by atoms with Crippen LogP contribution in [0.1, 0.15) is 297 Å². The minimum Gasteiger partial charge on any atom is -0.462 e. The van der Waals surface area contributed by atoms with Crippen molar-refractivity contribution in [2.45, 2.75) is 303 Å². The maximum atomic E-state index is 12.9. The average molecular weight is 1110 g/mol. The van der Waals surface area contributed by atoms with Gasteiger partial charge in [0.1, 0.15) is 13.2 Å². The Morgan fingerprint density at radius 1 is 0.263 bits per heavy atom. The van der Waals surface area contributed by atoms with Crippen molar-refractivity contribution in [3.05, 3.63) is 134 Å². The first kappa shape index (κ1) is 75.5. The molecule has 0 rings (SSSR count). The zero-order valence-corrected chi connectivity index (χ0v) is 52.0. The van der Waals surface area contributed by atoms with Gasteiger partial charge in [0.05, 0.1) is 0 Å². The molecule has 0 saturated heterocycles. The standard InChI is InChI=1S/C74H122O6/c1-4-7-10-13-16-19-22-25-28-31-33-34-35-36-37-38-39-40-41-44-46-49-52-55-58-61-64-67-73(76)79-70-71(69-78-72(75)66-63-60-57-54-51-48-45-42-30-27-24-21-18-15-12-9-6-3)80-74(77)68-65-62-59-56-53-50-47-43-32-29-26-23-20-17-14-11-8-5-2/h7,9-10,12,16,18-21,23,25,27-30,32-34,36-37,39-40,71H,4-6,8,11,13-15,17,22,24,26,31,35,38,41-70H2,1-3H3/b10-7-,12-9-,19-16-,21-18-,23-20-,28-25-,30-27-,32-29-,34-33-,37-36-,40-39-. The predicted octanol–water partition coefficient (Wildman–Crippen LogP) is 22.9. The molecule has 80 heavy (non-hydrogen) atoms. The highest BCUT2D eigenvalue weighted by molar-refractivity contribution is 5.71. The normalized spacial score (nSPS) is 13.0. The fraction of sp³-hybridized carbons (Fsp3) is 0.662. The van der Waals surface area contributed by atoms with Crippen molar-refractivity contribution in [1.29, 1.82) is 0 Å². The van der Waals surface area contributed by atoms with Crippen LogP contribution in [0.25, 0.3) is 0 Å². The first-order valence-corrected chi connectivity index (χ1v) is 33.2. The van der Waals surface area contributed by atoms with Crippen LogP contribution in [0.4, 0.5) is 0 Å². The summed E-state index contributed by atoms with van der Waals surface area (Å²) in [6, 6.07) is 0. The smallest absolute Gasteiger partial charge is 0.306 e. The fourth-order valence-electron chi connectivity index (χ4n) is 8.96. The number of allylic oxidation sites excluding steroid dienone is 22. The molecule has 6 nitrogen and oxygen atoms in total. The molecule has 454 valence electrons. The zero-order chi connectivity index (χ0) is 57.8. The molecule has 1 unspecified atom stereocenters. The maximum Gasteiger partial charge on any atom is 0.306 e. The quantitative estimate of drug-likeness (QED) is 0.0261. The minimum atomic E-state index is -0.797. The van der Waals surface area contributed by atoms with Crippen molar-refractivity contribution < 1.29 is 28.6 Å². The first-order valence-electron chi connectivity index (χ1n) is 33.2. The van der Waals surface area contributed by atoms with Gasteiger partial charge in [-0.3, -0.25) is 14.4 Å². The molecule has 0 saturated carbocycles. The molecule has 0 fully saturated rings. The van der Waals surface area contributed by atoms with Crippen LogP contribution >= 0.6 is 0 Å². The summed E-state index contributed by atoms with van der Waals surface area (Å²) < 4.78 is 16.9. The van der Waals surface area contributed by atoms with Gasteiger partial charge in [-0.15, -0.1) is 0 Å². The number of ether oxygens (including phenoxy) is 3. The van der Waals surface area contributed by atoms with E-state index < -0.39 is 6.10 Å². The van der Waals surface area contributed by atoms with E-state index in [4.69, 9.17) is 14.2 Å². The van der Waals surface area contributed by atoms with Crippen molar-refractivity contribution >= 4 is 17.9 Å². The minimum absolute atomic E-state index is 0.0920. The molecule has 0 aromatic carbocycles. The van der Waals surface area contributed by atoms with Gasteiger partial charge in [-0.25, -0.2) is 0 Å². The number of unbranched alkanes of at least 4 members (excludes halogenated alkanes) is 26. The molecule has 0 bridgehead atoms. The van der Waals surface area contributed by atoms with Crippen LogP contribution < -0.4 is 0 Å². The second kappa shape index (κ2) is 67.1. The Hall–Kier alpha value is -4.45. The molecule has 0 aromatic heterocycles. The molecule has 0 aliphatic heterocycles. The van der Waals surface area contributed by atoms with E-state index in [0.717, 1.165) is 141 Å². The van der Waals surface area contributed by atoms with E-state index in [0.29, 0.717) is 19.3 Å². The number of carbonyl (C=O) groups excluding carboxylic acids is 3. The highest BCUT2D eigenvalue weighted by atomic mass is 16.6. The van der Waals surface area contributed by atoms with Gasteiger partial charge in [0.2, 0.25) is 0 Å². The average Bonchev–Trinajstić information content (AvgIpc) is 3.46. The van der Waals surface area contributed by atoms with Crippen molar-refractivity contribution in [1.82, 2.24) is 0 Å². The van der Waals surface area contributed by atoms with E-state index in [2.05, 4.69) is 154 Å². The monoisotopic (exact) mass is 1110 g/mol. The Bertz CT molecular complexity index is 1700. The Morgan fingerprint density at radius 3 is 0.762 bits per heavy atom. The van der Waals surface area contributed by atoms with E-state index >= 15 is 0 Å². The van der Waals surface area contributed by atoms with Gasteiger partial charge >= 0.3 is 17.9 Å². The summed E-state index contributed by atoms with van der Waals surface area (Å²) in [6.45, 7) is 6.39. The van der Waals surface area contributed by atoms with Crippen molar-refractivity contribution in [2.24, 2.45) is 0 Å². The van der Waals surface area contributed by atoms with Crippen molar-refractivity contribution in [3.8, 4) is 0 Å². The van der Waals surface area contributed by atoms with Crippen LogP contribution in [-0.2, 0) is 28.6 Å². The molecule has 0 aliphatic carbocycles. The Labute approximate surface area is 494 Å². The van der Waals surface area contributed by atoms with Gasteiger partial charge in [-0.2, -0.15) is 0 Å². The van der Waals surface area contributed by atoms with Gasteiger partial charge in [-0.05, 0) is 135 Å². The zero-order valence-electron chi connectivity index (χ0n) is 52.0. The molecule has 0 aromatic rings. The van der Waals surface area contributed by atoms with Crippen LogP contribution in [-0.4, -0.2) is 37.2 Å². The number of esters is 3. The van der Waals surface area contributed by atoms with Gasteiger partial charge in [0, 0.05) is 19.3 Å². The Morgan fingerprint density at radius 2 is 0.487 bits per heavy atom. The van der Waals surface area contributed by atoms with Crippen molar-refractivity contribution in [3.63, 3.8) is 0 Å². The van der Waals surface area contributed by atoms with E-state index in [-0.39, 0.29) is 31.1 Å². The predicted molar refractivity (Wildman–Crippen MR) is 348 cm³/mol. The van der Waals surface area contributed by atoms with Gasteiger partial charge in [-0.1, -0.05) is 276 Å². The fourth-order valence-corrected chi connectivity index (χ4v) is 8.96. The summed E-state index contributed by atoms with van der Waals surface area (Å²) in [7, 11) is 0. The summed E-state index contributed by atoms with van der Waals surface area (Å²) in [4.78, 5) is 38.4. The lowest BCUT2D eigenvalue weighted by Crippen LogP contribution is -2.30. The molecule has 1 atom stereocenters. The lowest BCUT2D eigenvalue weighted by molar-refractivity contribution is -0.167. The van der Waals surface area contributed by atoms with Gasteiger partial charge < -0.3 is 14.2 Å². The molecule has 0 amide bonds. The highest BCUT2D eigenvalue weighted by Crippen LogP contribution is 2.15. The van der Waals surface area contributed by atoms with Crippen LogP contribution in [0.15, 0.2) is 134 Å². The molecule has 0 N–H and O–H groups in total. The third-order valence-corrected chi connectivity index (χ3v) is 13.9. The second-order valence-electron chi connectivity index (χ2n) is 21.6. The first-order chi connectivity index (χ1) is 39.5. The molecule has 0 spiro atoms. The third-order valence-electron chi connectivity index (χ3n) is 13.9. The molecular weight excluding hydrogens is 985 g/mol. The van der Waals surface area contributed by atoms with Crippen molar-refractivity contribution in [2.75, 3.05) is 13.2 Å². The van der Waals surface area contributed by atoms with E-state index in [9.17, 15) is 14.4 Å². The Kier molecular flexibility index (Phi) is 63.3. The summed E-state index contributed by atoms with van der Waals surface area (Å²) >= 11 is 0. The lowest BCUT2D eigenvalue weighted by Gasteiger charge is -2.18. The van der Waals surface area contributed by atoms with Gasteiger partial charge in [0.25, 0.3) is 0 Å². The highest BCUT2D eigenvalue weighted by Gasteiger charge is 2.19. The summed E-state index contributed by atoms with van der Waals surface area (Å²) in [5, 5.41) is 0. The molecule has 0 radical (unpaired) electrons. The summed E-state index contributed by atoms with van der Waals surface area (Å²) in [5.41, 5.74) is 0. The van der Waals surface area contributed by atoms with E-state index in [1.165, 1.54) is 116 Å². The van der Waals surface area contributed by atoms with Crippen LogP contribution in [0.2, 0.25) is 0 Å². The Balaban J connectivity index is 4.40. The van der Waals surface area contributed by atoms with Gasteiger partial charge in [0.15, 0.2) is 6.10 Å². The SMILES string of the molecule is CC/C=C\C/C=C\C/C=C\C/C=C\C/C=C\C/C=C\CCCCCCCCCCC(=O)OCC(COC(=O)CCCCCCCCC/C=C\C/C=C\C/C=C\CC)OC(=O)CCCCCCCCC/C=C\C/C=C\CCCCCC. The number of hydrogen-bond donors (Lipinski definition) is 0. The molecule has 0 aliphatic rings. The molecule has 0 heterocycles. The van der Waals surface area contributed by atoms with E-state index in [1.807, 2.05) is 0 Å². The lowest BCUT2D eigenvalue weighted by atomic mass is 10.1. The maximum absolute atomic E-state index is 12.9.